The number of anilines is 1. The average Bonchev–Trinajstić information content (AvgIpc) is 2.46. The number of benzene rings is 1. The van der Waals surface area contributed by atoms with Crippen LogP contribution in [0.1, 0.15) is 51.2 Å². The van der Waals surface area contributed by atoms with Gasteiger partial charge in [0.15, 0.2) is 0 Å². The number of aryl methyl sites for hydroxylation is 2. The number of carbonyl (C=O) groups excluding carboxylic acids is 2. The van der Waals surface area contributed by atoms with Gasteiger partial charge in [-0.05, 0) is 50.3 Å². The minimum Gasteiger partial charge on any atom is -0.326 e. The molecule has 0 unspecified atom stereocenters. The van der Waals surface area contributed by atoms with Crippen molar-refractivity contribution < 1.29 is 9.59 Å². The molecule has 0 aliphatic carbocycles. The van der Waals surface area contributed by atoms with E-state index in [4.69, 9.17) is 0 Å². The van der Waals surface area contributed by atoms with Gasteiger partial charge in [-0.2, -0.15) is 5.10 Å². The van der Waals surface area contributed by atoms with Crippen LogP contribution in [0.4, 0.5) is 5.69 Å². The molecule has 0 aliphatic rings. The third-order valence-electron chi connectivity index (χ3n) is 3.32. The average molecular weight is 317 g/mol. The molecule has 1 aromatic rings. The zero-order valence-corrected chi connectivity index (χ0v) is 14.7. The van der Waals surface area contributed by atoms with E-state index in [0.29, 0.717) is 5.92 Å². The maximum atomic E-state index is 11.9. The van der Waals surface area contributed by atoms with Crippen LogP contribution in [0.2, 0.25) is 0 Å². The molecule has 0 spiro atoms. The number of amides is 2. The quantitative estimate of drug-likeness (QED) is 0.596. The predicted molar refractivity (Wildman–Crippen MR) is 94.5 cm³/mol. The van der Waals surface area contributed by atoms with E-state index in [2.05, 4.69) is 29.7 Å². The Balaban J connectivity index is 2.41. The number of nitrogens with one attached hydrogen (secondary N) is 2. The Kier molecular flexibility index (Phi) is 7.45. The largest absolute Gasteiger partial charge is 0.326 e. The molecule has 0 heterocycles. The molecule has 1 aromatic carbocycles. The Morgan fingerprint density at radius 1 is 1.13 bits per heavy atom. The van der Waals surface area contributed by atoms with Crippen molar-refractivity contribution in [3.05, 3.63) is 29.3 Å². The number of nitrogens with zero attached hydrogens (tertiary/aromatic N) is 1. The molecule has 0 radical (unpaired) electrons. The van der Waals surface area contributed by atoms with Crippen molar-refractivity contribution in [3.8, 4) is 0 Å². The van der Waals surface area contributed by atoms with Gasteiger partial charge in [-0.1, -0.05) is 26.0 Å². The van der Waals surface area contributed by atoms with E-state index in [1.807, 2.05) is 39.0 Å². The lowest BCUT2D eigenvalue weighted by Gasteiger charge is -2.09. The maximum Gasteiger partial charge on any atom is 0.240 e. The minimum absolute atomic E-state index is 0.120. The van der Waals surface area contributed by atoms with E-state index in [-0.39, 0.29) is 24.7 Å². The van der Waals surface area contributed by atoms with E-state index in [0.717, 1.165) is 28.9 Å². The van der Waals surface area contributed by atoms with Crippen LogP contribution in [0.5, 0.6) is 0 Å². The summed E-state index contributed by atoms with van der Waals surface area (Å²) < 4.78 is 0. The summed E-state index contributed by atoms with van der Waals surface area (Å²) in [7, 11) is 0. The van der Waals surface area contributed by atoms with Gasteiger partial charge in [0.25, 0.3) is 0 Å². The van der Waals surface area contributed by atoms with Crippen molar-refractivity contribution in [1.82, 2.24) is 5.43 Å². The summed E-state index contributed by atoms with van der Waals surface area (Å²) in [6.07, 6.45) is 1.10. The van der Waals surface area contributed by atoms with Gasteiger partial charge < -0.3 is 5.32 Å². The van der Waals surface area contributed by atoms with Crippen LogP contribution in [0.25, 0.3) is 0 Å². The number of rotatable bonds is 7. The van der Waals surface area contributed by atoms with Gasteiger partial charge in [-0.3, -0.25) is 9.59 Å². The highest BCUT2D eigenvalue weighted by Gasteiger charge is 2.08. The molecule has 2 N–H and O–H groups in total. The van der Waals surface area contributed by atoms with E-state index in [1.54, 1.807) is 0 Å². The Hall–Kier alpha value is -2.17. The van der Waals surface area contributed by atoms with Crippen LogP contribution in [0.3, 0.4) is 0 Å². The highest BCUT2D eigenvalue weighted by molar-refractivity contribution is 5.94. The number of carbonyl (C=O) groups is 2. The molecule has 23 heavy (non-hydrogen) atoms. The van der Waals surface area contributed by atoms with Gasteiger partial charge in [0.1, 0.15) is 0 Å². The summed E-state index contributed by atoms with van der Waals surface area (Å²) in [6.45, 7) is 9.98. The smallest absolute Gasteiger partial charge is 0.240 e. The lowest BCUT2D eigenvalue weighted by molar-refractivity contribution is -0.124. The summed E-state index contributed by atoms with van der Waals surface area (Å²) in [5, 5.41) is 6.88. The molecule has 5 heteroatoms. The molecule has 0 fully saturated rings. The molecule has 0 aromatic heterocycles. The van der Waals surface area contributed by atoms with Crippen LogP contribution >= 0.6 is 0 Å². The Morgan fingerprint density at radius 2 is 1.78 bits per heavy atom. The first kappa shape index (κ1) is 18.9. The van der Waals surface area contributed by atoms with E-state index in [1.165, 1.54) is 0 Å². The fourth-order valence-corrected chi connectivity index (χ4v) is 2.16. The van der Waals surface area contributed by atoms with Crippen molar-refractivity contribution >= 4 is 23.2 Å². The predicted octanol–water partition coefficient (Wildman–Crippen LogP) is 3.56. The Labute approximate surface area is 138 Å². The van der Waals surface area contributed by atoms with Gasteiger partial charge in [0.05, 0.1) is 0 Å². The third-order valence-corrected chi connectivity index (χ3v) is 3.32. The van der Waals surface area contributed by atoms with Crippen molar-refractivity contribution in [2.45, 2.75) is 53.9 Å². The summed E-state index contributed by atoms with van der Waals surface area (Å²) in [5.41, 5.74) is 6.26. The molecule has 0 saturated heterocycles. The van der Waals surface area contributed by atoms with Crippen LogP contribution < -0.4 is 10.7 Å². The number of hydrazone groups is 1. The number of hydrogen-bond acceptors (Lipinski definition) is 3. The molecule has 0 atom stereocenters. The van der Waals surface area contributed by atoms with Gasteiger partial charge in [0, 0.05) is 24.2 Å². The molecule has 0 saturated carbocycles. The van der Waals surface area contributed by atoms with Crippen molar-refractivity contribution in [1.29, 1.82) is 0 Å². The van der Waals surface area contributed by atoms with Crippen LogP contribution in [0, 0.1) is 19.8 Å². The van der Waals surface area contributed by atoms with E-state index >= 15 is 0 Å². The molecular formula is C18H27N3O2. The standard InChI is InChI=1S/C18H27N3O2/c1-12(2)10-15(5)20-21-18(23)9-8-17(22)19-16-11-13(3)6-7-14(16)4/h6-7,11-12H,8-10H2,1-5H3,(H,19,22)(H,21,23)/b20-15-. The molecule has 0 aliphatic heterocycles. The summed E-state index contributed by atoms with van der Waals surface area (Å²) in [5.74, 6) is 0.0833. The molecule has 1 rings (SSSR count). The number of hydrogen-bond donors (Lipinski definition) is 2. The van der Waals surface area contributed by atoms with Crippen molar-refractivity contribution in [2.24, 2.45) is 11.0 Å². The third kappa shape index (κ3) is 7.58. The summed E-state index contributed by atoms with van der Waals surface area (Å²) >= 11 is 0. The topological polar surface area (TPSA) is 70.6 Å². The Morgan fingerprint density at radius 3 is 2.43 bits per heavy atom. The minimum atomic E-state index is -0.246. The highest BCUT2D eigenvalue weighted by atomic mass is 16.2. The maximum absolute atomic E-state index is 11.9. The van der Waals surface area contributed by atoms with E-state index < -0.39 is 0 Å². The van der Waals surface area contributed by atoms with Crippen LogP contribution in [0.15, 0.2) is 23.3 Å². The zero-order valence-electron chi connectivity index (χ0n) is 14.7. The van der Waals surface area contributed by atoms with Crippen LogP contribution in [-0.4, -0.2) is 17.5 Å². The lowest BCUT2D eigenvalue weighted by atomic mass is 10.1. The fourth-order valence-electron chi connectivity index (χ4n) is 2.16. The second kappa shape index (κ2) is 9.08. The van der Waals surface area contributed by atoms with Gasteiger partial charge in [0.2, 0.25) is 11.8 Å². The van der Waals surface area contributed by atoms with Gasteiger partial charge in [-0.25, -0.2) is 5.43 Å². The second-order valence-corrected chi connectivity index (χ2v) is 6.35. The molecule has 2 amide bonds. The SMILES string of the molecule is C/C(CC(C)C)=N/NC(=O)CCC(=O)Nc1cc(C)ccc1C. The van der Waals surface area contributed by atoms with Gasteiger partial charge in [-0.15, -0.1) is 0 Å². The summed E-state index contributed by atoms with van der Waals surface area (Å²) in [6, 6.07) is 5.88. The fraction of sp³-hybridized carbons (Fsp3) is 0.500. The first-order valence-corrected chi connectivity index (χ1v) is 7.97. The zero-order chi connectivity index (χ0) is 17.4. The molecule has 126 valence electrons. The van der Waals surface area contributed by atoms with Crippen LogP contribution in [-0.2, 0) is 9.59 Å². The first-order valence-electron chi connectivity index (χ1n) is 7.97. The molecule has 5 nitrogen and oxygen atoms in total. The van der Waals surface area contributed by atoms with Crippen molar-refractivity contribution in [2.75, 3.05) is 5.32 Å². The molecular weight excluding hydrogens is 290 g/mol. The van der Waals surface area contributed by atoms with E-state index in [9.17, 15) is 9.59 Å². The van der Waals surface area contributed by atoms with Crippen molar-refractivity contribution in [3.63, 3.8) is 0 Å². The Bertz CT molecular complexity index is 592. The highest BCUT2D eigenvalue weighted by Crippen LogP contribution is 2.16. The monoisotopic (exact) mass is 317 g/mol. The normalized spacial score (nSPS) is 11.5. The van der Waals surface area contributed by atoms with Gasteiger partial charge >= 0.3 is 0 Å². The lowest BCUT2D eigenvalue weighted by Crippen LogP contribution is -2.22. The first-order chi connectivity index (χ1) is 10.8. The summed E-state index contributed by atoms with van der Waals surface area (Å²) in [4.78, 5) is 23.7. The molecule has 0 bridgehead atoms. The second-order valence-electron chi connectivity index (χ2n) is 6.35.